The van der Waals surface area contributed by atoms with Crippen molar-refractivity contribution in [2.75, 3.05) is 0 Å². The molecule has 31 heavy (non-hydrogen) atoms. The van der Waals surface area contributed by atoms with Gasteiger partial charge in [-0.3, -0.25) is 0 Å². The van der Waals surface area contributed by atoms with E-state index in [-0.39, 0.29) is 11.1 Å². The standard InChI is InChI=1S/2C9H7.C6H15OSi.C2H4.2ClH.Zr/c2*1-2-5-9-7-3-6-8(9)4-1;1-5-6-7-8(2,3)4;1-2;;;/h2*1-7H;6H,5H2,1-4H3;1H,2H3;2*1H;/q;;;;;;+2/p-2. The molecule has 5 heteroatoms. The van der Waals surface area contributed by atoms with Gasteiger partial charge in [-0.05, 0) is 0 Å². The summed E-state index contributed by atoms with van der Waals surface area (Å²) >= 11 is -5.57. The summed E-state index contributed by atoms with van der Waals surface area (Å²) in [6.45, 7) is 11.0. The van der Waals surface area contributed by atoms with Gasteiger partial charge in [0.1, 0.15) is 0 Å². The van der Waals surface area contributed by atoms with Crippen molar-refractivity contribution in [3.63, 3.8) is 0 Å². The van der Waals surface area contributed by atoms with Gasteiger partial charge in [0.2, 0.25) is 0 Å². The molecule has 4 rings (SSSR count). The summed E-state index contributed by atoms with van der Waals surface area (Å²) in [5, 5.41) is 0. The Hall–Kier alpha value is -0.570. The van der Waals surface area contributed by atoms with E-state index in [1.807, 2.05) is 0 Å². The van der Waals surface area contributed by atoms with Gasteiger partial charge in [0.15, 0.2) is 0 Å². The van der Waals surface area contributed by atoms with Crippen LogP contribution in [0.1, 0.15) is 49.8 Å². The van der Waals surface area contributed by atoms with E-state index in [1.54, 1.807) is 0 Å². The molecule has 3 atom stereocenters. The second kappa shape index (κ2) is 7.47. The molecule has 2 aliphatic carbocycles. The molecule has 0 bridgehead atoms. The van der Waals surface area contributed by atoms with Gasteiger partial charge in [0.05, 0.1) is 0 Å². The van der Waals surface area contributed by atoms with Crippen molar-refractivity contribution in [1.29, 1.82) is 0 Å². The molecular formula is C26H33Cl2OSiZr. The van der Waals surface area contributed by atoms with Gasteiger partial charge in [-0.2, -0.15) is 0 Å². The average Bonchev–Trinajstić information content (AvgIpc) is 3.37. The average molecular weight is 552 g/mol. The molecule has 1 nitrogen and oxygen atoms in total. The van der Waals surface area contributed by atoms with Crippen molar-refractivity contribution < 1.29 is 18.9 Å². The van der Waals surface area contributed by atoms with E-state index < -0.39 is 22.7 Å². The van der Waals surface area contributed by atoms with Crippen molar-refractivity contribution >= 4 is 41.2 Å². The molecule has 2 aliphatic rings. The van der Waals surface area contributed by atoms with Crippen molar-refractivity contribution in [3.8, 4) is 0 Å². The first-order chi connectivity index (χ1) is 14.5. The van der Waals surface area contributed by atoms with Crippen LogP contribution in [-0.4, -0.2) is 15.8 Å². The van der Waals surface area contributed by atoms with E-state index >= 15 is 0 Å². The third kappa shape index (κ3) is 3.34. The van der Waals surface area contributed by atoms with Crippen LogP contribution in [0.2, 0.25) is 19.6 Å². The first kappa shape index (κ1) is 23.6. The Bertz CT molecular complexity index is 1110. The number of hydrogen-bond acceptors (Lipinski definition) is 1. The zero-order valence-corrected chi connectivity index (χ0v) is 24.1. The molecule has 0 N–H and O–H groups in total. The Morgan fingerprint density at radius 3 is 1.74 bits per heavy atom. The molecule has 0 saturated carbocycles. The maximum atomic E-state index is 8.38. The molecule has 3 unspecified atom stereocenters. The van der Waals surface area contributed by atoms with Gasteiger partial charge in [0.25, 0.3) is 0 Å². The van der Waals surface area contributed by atoms with Crippen molar-refractivity contribution in [2.24, 2.45) is 0 Å². The quantitative estimate of drug-likeness (QED) is 0.327. The SMILES string of the molecule is C[CH]=[Zr]([Cl])([Cl])([CH](CC)O[Si](C)(C)C)([CH]1C=Cc2ccccc21)[CH]1C=Cc2ccccc21. The van der Waals surface area contributed by atoms with Gasteiger partial charge in [0, 0.05) is 0 Å². The van der Waals surface area contributed by atoms with E-state index in [0.29, 0.717) is 0 Å². The van der Waals surface area contributed by atoms with Crippen LogP contribution in [0.4, 0.5) is 0 Å². The van der Waals surface area contributed by atoms with Crippen LogP contribution in [0.5, 0.6) is 0 Å². The number of hydrogen-bond donors (Lipinski definition) is 0. The molecule has 0 radical (unpaired) electrons. The fraction of sp³-hybridized carbons (Fsp3) is 0.346. The number of halogens is 2. The molecule has 0 aromatic heterocycles. The van der Waals surface area contributed by atoms with E-state index in [0.717, 1.165) is 6.42 Å². The third-order valence-electron chi connectivity index (χ3n) is 7.53. The topological polar surface area (TPSA) is 9.23 Å². The molecule has 165 valence electrons. The second-order valence-electron chi connectivity index (χ2n) is 10.3. The summed E-state index contributed by atoms with van der Waals surface area (Å²) in [4.78, 5) is 0. The summed E-state index contributed by atoms with van der Waals surface area (Å²) < 4.78 is 8.88. The molecule has 2 aromatic rings. The molecule has 0 aliphatic heterocycles. The van der Waals surface area contributed by atoms with E-state index in [9.17, 15) is 0 Å². The normalized spacial score (nSPS) is 23.1. The maximum absolute atomic E-state index is 8.38. The Morgan fingerprint density at radius 2 is 1.35 bits per heavy atom. The molecule has 0 saturated heterocycles. The zero-order valence-electron chi connectivity index (χ0n) is 19.1. The first-order valence-electron chi connectivity index (χ1n) is 11.3. The Morgan fingerprint density at radius 1 is 0.903 bits per heavy atom. The fourth-order valence-electron chi connectivity index (χ4n) is 6.06. The van der Waals surface area contributed by atoms with Crippen molar-refractivity contribution in [2.45, 2.75) is 51.0 Å². The number of rotatable bonds is 6. The zero-order chi connectivity index (χ0) is 22.6. The number of benzene rings is 2. The summed E-state index contributed by atoms with van der Waals surface area (Å²) in [6, 6.07) is 17.1. The molecule has 0 heterocycles. The minimum atomic E-state index is -5.57. The van der Waals surface area contributed by atoms with Crippen LogP contribution in [0.15, 0.2) is 60.7 Å². The first-order valence-corrected chi connectivity index (χ1v) is 26.7. The Kier molecular flexibility index (Phi) is 5.68. The van der Waals surface area contributed by atoms with Crippen LogP contribution in [-0.2, 0) is 18.9 Å². The predicted molar refractivity (Wildman–Crippen MR) is 138 cm³/mol. The van der Waals surface area contributed by atoms with Gasteiger partial charge < -0.3 is 0 Å². The minimum absolute atomic E-state index is 0.0622. The van der Waals surface area contributed by atoms with Crippen LogP contribution < -0.4 is 0 Å². The summed E-state index contributed by atoms with van der Waals surface area (Å²) in [7, 11) is 14.8. The van der Waals surface area contributed by atoms with Crippen LogP contribution in [0.25, 0.3) is 12.2 Å². The second-order valence-corrected chi connectivity index (χ2v) is 44.1. The predicted octanol–water partition coefficient (Wildman–Crippen LogP) is 8.47. The van der Waals surface area contributed by atoms with E-state index in [1.165, 1.54) is 22.3 Å². The summed E-state index contributed by atoms with van der Waals surface area (Å²) in [5.41, 5.74) is 4.90. The molecule has 2 aromatic carbocycles. The molecular weight excluding hydrogens is 519 g/mol. The van der Waals surface area contributed by atoms with E-state index in [2.05, 4.69) is 110 Å². The van der Waals surface area contributed by atoms with Crippen molar-refractivity contribution in [3.05, 3.63) is 82.9 Å². The van der Waals surface area contributed by atoms with Gasteiger partial charge >= 0.3 is 194 Å². The van der Waals surface area contributed by atoms with Crippen molar-refractivity contribution in [1.82, 2.24) is 0 Å². The monoisotopic (exact) mass is 549 g/mol. The number of allylic oxidation sites excluding steroid dienone is 2. The third-order valence-corrected chi connectivity index (χ3v) is 39.0. The molecule has 0 amide bonds. The van der Waals surface area contributed by atoms with E-state index in [4.69, 9.17) is 21.5 Å². The van der Waals surface area contributed by atoms with Crippen LogP contribution >= 0.6 is 17.0 Å². The van der Waals surface area contributed by atoms with Crippen LogP contribution in [0, 0.1) is 0 Å². The summed E-state index contributed by atoms with van der Waals surface area (Å²) in [5.74, 6) is 0. The Labute approximate surface area is 192 Å². The molecule has 0 fully saturated rings. The summed E-state index contributed by atoms with van der Waals surface area (Å²) in [6.07, 6.45) is 9.73. The molecule has 0 spiro atoms. The van der Waals surface area contributed by atoms with Gasteiger partial charge in [-0.15, -0.1) is 0 Å². The van der Waals surface area contributed by atoms with Gasteiger partial charge in [-0.1, -0.05) is 0 Å². The van der Waals surface area contributed by atoms with Gasteiger partial charge in [-0.25, -0.2) is 0 Å². The van der Waals surface area contributed by atoms with Crippen LogP contribution in [0.3, 0.4) is 0 Å². The number of fused-ring (bicyclic) bond motifs is 2. The Balaban J connectivity index is 2.10. The fourth-order valence-corrected chi connectivity index (χ4v) is 36.1.